The van der Waals surface area contributed by atoms with Crippen LogP contribution in [0.25, 0.3) is 28.2 Å². The van der Waals surface area contributed by atoms with Gasteiger partial charge in [-0.2, -0.15) is 0 Å². The molecule has 0 saturated carbocycles. The number of aliphatic hydroxyl groups is 1. The SMILES string of the molecule is C=CCOc1ccc(-c2ccc3nc(C=CCCCC(C)O)cnc3c2)c(F)c1. The van der Waals surface area contributed by atoms with Crippen molar-refractivity contribution in [2.45, 2.75) is 32.3 Å². The molecule has 0 aliphatic carbocycles. The van der Waals surface area contributed by atoms with Gasteiger partial charge in [0.1, 0.15) is 18.2 Å². The first kappa shape index (κ1) is 20.7. The minimum Gasteiger partial charge on any atom is -0.489 e. The number of unbranched alkanes of at least 4 members (excludes halogenated alkanes) is 1. The molecule has 1 heterocycles. The van der Waals surface area contributed by atoms with Crippen LogP contribution in [0.4, 0.5) is 4.39 Å². The van der Waals surface area contributed by atoms with Crippen LogP contribution in [0.15, 0.2) is 61.3 Å². The van der Waals surface area contributed by atoms with Crippen molar-refractivity contribution in [1.82, 2.24) is 9.97 Å². The zero-order valence-corrected chi connectivity index (χ0v) is 16.5. The third-order valence-corrected chi connectivity index (χ3v) is 4.46. The third-order valence-electron chi connectivity index (χ3n) is 4.46. The van der Waals surface area contributed by atoms with Gasteiger partial charge in [-0.1, -0.05) is 24.8 Å². The first-order chi connectivity index (χ1) is 14.1. The van der Waals surface area contributed by atoms with Crippen LogP contribution in [-0.4, -0.2) is 27.8 Å². The molecular weight excluding hydrogens is 367 g/mol. The van der Waals surface area contributed by atoms with Gasteiger partial charge >= 0.3 is 0 Å². The highest BCUT2D eigenvalue weighted by molar-refractivity contribution is 5.82. The van der Waals surface area contributed by atoms with E-state index in [0.29, 0.717) is 23.4 Å². The molecule has 29 heavy (non-hydrogen) atoms. The highest BCUT2D eigenvalue weighted by Crippen LogP contribution is 2.28. The first-order valence-electron chi connectivity index (χ1n) is 9.72. The molecule has 0 aliphatic rings. The summed E-state index contributed by atoms with van der Waals surface area (Å²) in [6.45, 7) is 5.71. The average Bonchev–Trinajstić information content (AvgIpc) is 2.71. The van der Waals surface area contributed by atoms with Gasteiger partial charge in [0, 0.05) is 11.6 Å². The van der Waals surface area contributed by atoms with E-state index in [0.717, 1.165) is 36.0 Å². The molecule has 1 aromatic heterocycles. The number of halogens is 1. The van der Waals surface area contributed by atoms with Crippen molar-refractivity contribution in [3.05, 3.63) is 72.8 Å². The lowest BCUT2D eigenvalue weighted by atomic mass is 10.0. The summed E-state index contributed by atoms with van der Waals surface area (Å²) in [4.78, 5) is 9.06. The Labute approximate surface area is 170 Å². The molecule has 0 saturated heterocycles. The monoisotopic (exact) mass is 392 g/mol. The fourth-order valence-electron chi connectivity index (χ4n) is 2.98. The largest absolute Gasteiger partial charge is 0.489 e. The molecule has 4 nitrogen and oxygen atoms in total. The molecule has 0 amide bonds. The predicted octanol–water partition coefficient (Wildman–Crippen LogP) is 5.57. The van der Waals surface area contributed by atoms with Crippen LogP contribution in [0.2, 0.25) is 0 Å². The molecule has 0 bridgehead atoms. The molecular formula is C24H25FN2O2. The number of hydrogen-bond donors (Lipinski definition) is 1. The van der Waals surface area contributed by atoms with Crippen molar-refractivity contribution in [3.8, 4) is 16.9 Å². The maximum absolute atomic E-state index is 14.5. The zero-order valence-electron chi connectivity index (χ0n) is 16.5. The van der Waals surface area contributed by atoms with E-state index in [2.05, 4.69) is 16.5 Å². The van der Waals surface area contributed by atoms with E-state index >= 15 is 0 Å². The fraction of sp³-hybridized carbons (Fsp3) is 0.250. The number of aliphatic hydroxyl groups excluding tert-OH is 1. The van der Waals surface area contributed by atoms with Gasteiger partial charge in [-0.3, -0.25) is 4.98 Å². The summed E-state index contributed by atoms with van der Waals surface area (Å²) in [6, 6.07) is 10.3. The summed E-state index contributed by atoms with van der Waals surface area (Å²) in [7, 11) is 0. The molecule has 0 spiro atoms. The second kappa shape index (κ2) is 9.94. The number of aromatic nitrogens is 2. The predicted molar refractivity (Wildman–Crippen MR) is 115 cm³/mol. The van der Waals surface area contributed by atoms with Crippen molar-refractivity contribution < 1.29 is 14.2 Å². The van der Waals surface area contributed by atoms with Crippen LogP contribution in [0.3, 0.4) is 0 Å². The zero-order chi connectivity index (χ0) is 20.6. The van der Waals surface area contributed by atoms with Crippen LogP contribution in [0, 0.1) is 5.82 Å². The summed E-state index contributed by atoms with van der Waals surface area (Å²) >= 11 is 0. The Morgan fingerprint density at radius 2 is 2.07 bits per heavy atom. The minimum atomic E-state index is -0.351. The van der Waals surface area contributed by atoms with Crippen LogP contribution in [-0.2, 0) is 0 Å². The lowest BCUT2D eigenvalue weighted by Gasteiger charge is -2.08. The molecule has 5 heteroatoms. The Bertz CT molecular complexity index is 1010. The lowest BCUT2D eigenvalue weighted by Crippen LogP contribution is -1.97. The lowest BCUT2D eigenvalue weighted by molar-refractivity contribution is 0.182. The molecule has 150 valence electrons. The van der Waals surface area contributed by atoms with Crippen LogP contribution < -0.4 is 4.74 Å². The van der Waals surface area contributed by atoms with Crippen molar-refractivity contribution in [2.24, 2.45) is 0 Å². The molecule has 1 unspecified atom stereocenters. The molecule has 0 aliphatic heterocycles. The number of benzene rings is 2. The highest BCUT2D eigenvalue weighted by atomic mass is 19.1. The number of allylic oxidation sites excluding steroid dienone is 1. The smallest absolute Gasteiger partial charge is 0.134 e. The summed E-state index contributed by atoms with van der Waals surface area (Å²) in [6.07, 6.45) is 9.64. The summed E-state index contributed by atoms with van der Waals surface area (Å²) in [5.74, 6) is 0.118. The van der Waals surface area contributed by atoms with E-state index < -0.39 is 0 Å². The Kier molecular flexibility index (Phi) is 7.09. The molecule has 3 aromatic rings. The summed E-state index contributed by atoms with van der Waals surface area (Å²) in [5.41, 5.74) is 3.46. The van der Waals surface area contributed by atoms with Crippen LogP contribution >= 0.6 is 0 Å². The molecule has 1 N–H and O–H groups in total. The Balaban J connectivity index is 1.75. The van der Waals surface area contributed by atoms with E-state index in [9.17, 15) is 9.50 Å². The molecule has 0 radical (unpaired) electrons. The van der Waals surface area contributed by atoms with Gasteiger partial charge in [-0.25, -0.2) is 9.37 Å². The second-order valence-corrected chi connectivity index (χ2v) is 6.92. The minimum absolute atomic E-state index is 0.265. The standard InChI is InChI=1S/C24H25FN2O2/c1-3-13-29-20-10-11-21(22(25)15-20)18-9-12-23-24(14-18)26-16-19(27-23)8-6-4-5-7-17(2)28/h3,6,8-12,14-17,28H,1,4-5,7,13H2,2H3. The second-order valence-electron chi connectivity index (χ2n) is 6.92. The molecule has 3 rings (SSSR count). The van der Waals surface area contributed by atoms with E-state index in [1.54, 1.807) is 31.3 Å². The van der Waals surface area contributed by atoms with Gasteiger partial charge in [0.05, 0.1) is 29.0 Å². The number of rotatable bonds is 9. The number of ether oxygens (including phenoxy) is 1. The maximum Gasteiger partial charge on any atom is 0.134 e. The van der Waals surface area contributed by atoms with Crippen molar-refractivity contribution in [3.63, 3.8) is 0 Å². The van der Waals surface area contributed by atoms with Crippen molar-refractivity contribution >= 4 is 17.1 Å². The topological polar surface area (TPSA) is 55.2 Å². The number of nitrogens with zero attached hydrogens (tertiary/aromatic N) is 2. The van der Waals surface area contributed by atoms with E-state index in [1.165, 1.54) is 6.07 Å². The number of hydrogen-bond acceptors (Lipinski definition) is 4. The Hall–Kier alpha value is -3.05. The molecule has 1 atom stereocenters. The van der Waals surface area contributed by atoms with Gasteiger partial charge in [0.15, 0.2) is 0 Å². The fourth-order valence-corrected chi connectivity index (χ4v) is 2.98. The quantitative estimate of drug-likeness (QED) is 0.382. The van der Waals surface area contributed by atoms with Gasteiger partial charge in [0.2, 0.25) is 0 Å². The van der Waals surface area contributed by atoms with Crippen LogP contribution in [0.1, 0.15) is 31.9 Å². The number of fused-ring (bicyclic) bond motifs is 1. The van der Waals surface area contributed by atoms with Gasteiger partial charge in [-0.15, -0.1) is 0 Å². The Morgan fingerprint density at radius 3 is 2.83 bits per heavy atom. The van der Waals surface area contributed by atoms with Gasteiger partial charge < -0.3 is 9.84 Å². The third kappa shape index (κ3) is 5.72. The van der Waals surface area contributed by atoms with E-state index in [1.807, 2.05) is 30.4 Å². The Morgan fingerprint density at radius 1 is 1.21 bits per heavy atom. The van der Waals surface area contributed by atoms with E-state index in [-0.39, 0.29) is 11.9 Å². The maximum atomic E-state index is 14.5. The molecule has 2 aromatic carbocycles. The summed E-state index contributed by atoms with van der Waals surface area (Å²) < 4.78 is 19.9. The van der Waals surface area contributed by atoms with Gasteiger partial charge in [0.25, 0.3) is 0 Å². The van der Waals surface area contributed by atoms with Crippen LogP contribution in [0.5, 0.6) is 5.75 Å². The normalized spacial score (nSPS) is 12.4. The van der Waals surface area contributed by atoms with E-state index in [4.69, 9.17) is 4.74 Å². The van der Waals surface area contributed by atoms with Crippen molar-refractivity contribution in [2.75, 3.05) is 6.61 Å². The first-order valence-corrected chi connectivity index (χ1v) is 9.72. The highest BCUT2D eigenvalue weighted by Gasteiger charge is 2.09. The van der Waals surface area contributed by atoms with Gasteiger partial charge in [-0.05, 0) is 62.1 Å². The molecule has 0 fully saturated rings. The van der Waals surface area contributed by atoms with Crippen molar-refractivity contribution in [1.29, 1.82) is 0 Å². The average molecular weight is 392 g/mol. The summed E-state index contributed by atoms with van der Waals surface area (Å²) in [5, 5.41) is 9.28.